The molecule has 4 rings (SSSR count). The minimum atomic E-state index is -0.900. The van der Waals surface area contributed by atoms with Gasteiger partial charge >= 0.3 is 5.97 Å². The van der Waals surface area contributed by atoms with E-state index < -0.39 is 23.7 Å². The fourth-order valence-corrected chi connectivity index (χ4v) is 4.19. The Balaban J connectivity index is 1.89. The molecule has 2 aromatic rings. The first-order valence-corrected chi connectivity index (χ1v) is 9.71. The SMILES string of the molecule is COC(=O)[C@@H]1C(=O)C2=C(C[C@H]1C)Nc1ccccc1N[C@@H]2c1ccc(Cl)c(F)c1. The van der Waals surface area contributed by atoms with E-state index in [-0.39, 0.29) is 16.7 Å². The molecule has 1 heterocycles. The van der Waals surface area contributed by atoms with E-state index in [4.69, 9.17) is 16.3 Å². The molecule has 7 heteroatoms. The van der Waals surface area contributed by atoms with Crippen LogP contribution in [0.4, 0.5) is 15.8 Å². The number of carbonyl (C=O) groups excluding carboxylic acids is 2. The lowest BCUT2D eigenvalue weighted by Gasteiger charge is -2.32. The number of para-hydroxylation sites is 2. The van der Waals surface area contributed by atoms with Crippen molar-refractivity contribution < 1.29 is 18.7 Å². The van der Waals surface area contributed by atoms with Crippen LogP contribution < -0.4 is 10.6 Å². The molecule has 2 aromatic carbocycles. The number of anilines is 2. The van der Waals surface area contributed by atoms with Crippen LogP contribution in [0.3, 0.4) is 0 Å². The summed E-state index contributed by atoms with van der Waals surface area (Å²) in [5.74, 6) is -2.58. The summed E-state index contributed by atoms with van der Waals surface area (Å²) in [5, 5.41) is 6.70. The van der Waals surface area contributed by atoms with Gasteiger partial charge in [0.25, 0.3) is 0 Å². The Morgan fingerprint density at radius 3 is 2.62 bits per heavy atom. The topological polar surface area (TPSA) is 67.4 Å². The largest absolute Gasteiger partial charge is 0.468 e. The third kappa shape index (κ3) is 3.38. The number of rotatable bonds is 2. The molecule has 0 fully saturated rings. The molecule has 1 aliphatic heterocycles. The Bertz CT molecular complexity index is 1040. The van der Waals surface area contributed by atoms with Gasteiger partial charge in [-0.05, 0) is 42.2 Å². The van der Waals surface area contributed by atoms with Crippen LogP contribution in [0.15, 0.2) is 53.7 Å². The molecular weight excluding hydrogens is 395 g/mol. The first kappa shape index (κ1) is 19.5. The number of nitrogens with one attached hydrogen (secondary N) is 2. The van der Waals surface area contributed by atoms with Crippen molar-refractivity contribution in [1.82, 2.24) is 0 Å². The van der Waals surface area contributed by atoms with Gasteiger partial charge in [-0.15, -0.1) is 0 Å². The normalized spacial score (nSPS) is 23.3. The van der Waals surface area contributed by atoms with Crippen molar-refractivity contribution in [2.24, 2.45) is 11.8 Å². The molecule has 0 saturated heterocycles. The van der Waals surface area contributed by atoms with Gasteiger partial charge in [-0.1, -0.05) is 36.7 Å². The fraction of sp³-hybridized carbons (Fsp3) is 0.273. The summed E-state index contributed by atoms with van der Waals surface area (Å²) in [6, 6.07) is 11.4. The average molecular weight is 415 g/mol. The lowest BCUT2D eigenvalue weighted by Crippen LogP contribution is -2.39. The molecule has 0 aromatic heterocycles. The zero-order valence-electron chi connectivity index (χ0n) is 16.0. The van der Waals surface area contributed by atoms with Gasteiger partial charge in [-0.25, -0.2) is 4.39 Å². The highest BCUT2D eigenvalue weighted by Gasteiger charge is 2.44. The van der Waals surface area contributed by atoms with Crippen molar-refractivity contribution in [2.75, 3.05) is 17.7 Å². The summed E-state index contributed by atoms with van der Waals surface area (Å²) < 4.78 is 19.1. The van der Waals surface area contributed by atoms with E-state index >= 15 is 0 Å². The van der Waals surface area contributed by atoms with Crippen molar-refractivity contribution in [3.05, 3.63) is 70.1 Å². The molecule has 3 atom stereocenters. The quantitative estimate of drug-likeness (QED) is 0.550. The molecule has 0 unspecified atom stereocenters. The molecule has 1 aliphatic carbocycles. The molecule has 5 nitrogen and oxygen atoms in total. The number of esters is 1. The average Bonchev–Trinajstić information content (AvgIpc) is 2.86. The summed E-state index contributed by atoms with van der Waals surface area (Å²) in [6.07, 6.45) is 0.490. The van der Waals surface area contributed by atoms with E-state index in [1.807, 2.05) is 31.2 Å². The summed E-state index contributed by atoms with van der Waals surface area (Å²) in [5.41, 5.74) is 3.27. The smallest absolute Gasteiger partial charge is 0.316 e. The minimum Gasteiger partial charge on any atom is -0.468 e. The van der Waals surface area contributed by atoms with Gasteiger partial charge in [-0.2, -0.15) is 0 Å². The van der Waals surface area contributed by atoms with Gasteiger partial charge in [0.2, 0.25) is 0 Å². The number of benzene rings is 2. The number of ether oxygens (including phenoxy) is 1. The Hall–Kier alpha value is -2.86. The number of halogens is 2. The van der Waals surface area contributed by atoms with Crippen LogP contribution in [0, 0.1) is 17.7 Å². The predicted octanol–water partition coefficient (Wildman–Crippen LogP) is 4.71. The van der Waals surface area contributed by atoms with E-state index in [0.717, 1.165) is 17.1 Å². The lowest BCUT2D eigenvalue weighted by atomic mass is 9.75. The van der Waals surface area contributed by atoms with Crippen molar-refractivity contribution in [3.63, 3.8) is 0 Å². The highest BCUT2D eigenvalue weighted by Crippen LogP contribution is 2.44. The van der Waals surface area contributed by atoms with E-state index in [1.165, 1.54) is 19.2 Å². The highest BCUT2D eigenvalue weighted by molar-refractivity contribution is 6.30. The minimum absolute atomic E-state index is 0.00568. The Labute approximate surface area is 172 Å². The number of allylic oxidation sites excluding steroid dienone is 1. The van der Waals surface area contributed by atoms with Gasteiger partial charge in [0.1, 0.15) is 11.7 Å². The van der Waals surface area contributed by atoms with Crippen molar-refractivity contribution in [3.8, 4) is 0 Å². The van der Waals surface area contributed by atoms with Gasteiger partial charge in [0.15, 0.2) is 5.78 Å². The number of hydrogen-bond acceptors (Lipinski definition) is 5. The molecule has 2 aliphatic rings. The molecule has 0 saturated carbocycles. The number of Topliss-reactive ketones (excluding diaryl/α,β-unsaturated/α-hetero) is 1. The Morgan fingerprint density at radius 1 is 1.21 bits per heavy atom. The second kappa shape index (κ2) is 7.52. The summed E-state index contributed by atoms with van der Waals surface area (Å²) >= 11 is 5.85. The maximum Gasteiger partial charge on any atom is 0.316 e. The van der Waals surface area contributed by atoms with Crippen molar-refractivity contribution in [2.45, 2.75) is 19.4 Å². The zero-order valence-corrected chi connectivity index (χ0v) is 16.7. The Kier molecular flexibility index (Phi) is 5.04. The second-order valence-electron chi connectivity index (χ2n) is 7.36. The zero-order chi connectivity index (χ0) is 20.7. The van der Waals surface area contributed by atoms with Gasteiger partial charge in [0, 0.05) is 11.3 Å². The van der Waals surface area contributed by atoms with Crippen LogP contribution in [0.25, 0.3) is 0 Å². The van der Waals surface area contributed by atoms with E-state index in [2.05, 4.69) is 10.6 Å². The standard InChI is InChI=1S/C22H20ClFN2O3/c1-11-9-17-19(21(27)18(11)22(28)29-2)20(12-7-8-13(23)14(24)10-12)26-16-6-4-3-5-15(16)25-17/h3-8,10-11,18,20,25-26H,9H2,1-2H3/t11-,18+,20-/m1/s1. The van der Waals surface area contributed by atoms with Crippen LogP contribution in [0.2, 0.25) is 5.02 Å². The van der Waals surface area contributed by atoms with Crippen LogP contribution in [0.5, 0.6) is 0 Å². The molecule has 0 radical (unpaired) electrons. The number of ketones is 1. The Morgan fingerprint density at radius 2 is 1.93 bits per heavy atom. The molecular formula is C22H20ClFN2O3. The van der Waals surface area contributed by atoms with E-state index in [0.29, 0.717) is 17.6 Å². The summed E-state index contributed by atoms with van der Waals surface area (Å²) in [6.45, 7) is 1.85. The lowest BCUT2D eigenvalue weighted by molar-refractivity contribution is -0.151. The molecule has 150 valence electrons. The monoisotopic (exact) mass is 414 g/mol. The van der Waals surface area contributed by atoms with Crippen LogP contribution in [-0.4, -0.2) is 18.9 Å². The van der Waals surface area contributed by atoms with Crippen molar-refractivity contribution >= 4 is 34.7 Å². The third-order valence-corrected chi connectivity index (χ3v) is 5.81. The van der Waals surface area contributed by atoms with Gasteiger partial charge < -0.3 is 15.4 Å². The summed E-state index contributed by atoms with van der Waals surface area (Å²) in [4.78, 5) is 25.8. The van der Waals surface area contributed by atoms with Gasteiger partial charge in [0.05, 0.1) is 29.5 Å². The molecule has 2 N–H and O–H groups in total. The number of fused-ring (bicyclic) bond motifs is 1. The predicted molar refractivity (Wildman–Crippen MR) is 109 cm³/mol. The fourth-order valence-electron chi connectivity index (χ4n) is 4.08. The molecule has 0 amide bonds. The third-order valence-electron chi connectivity index (χ3n) is 5.50. The number of hydrogen-bond donors (Lipinski definition) is 2. The number of carbonyl (C=O) groups is 2. The van der Waals surface area contributed by atoms with E-state index in [9.17, 15) is 14.0 Å². The number of methoxy groups -OCH3 is 1. The highest BCUT2D eigenvalue weighted by atomic mass is 35.5. The van der Waals surface area contributed by atoms with Crippen LogP contribution in [-0.2, 0) is 14.3 Å². The first-order chi connectivity index (χ1) is 13.9. The second-order valence-corrected chi connectivity index (χ2v) is 7.77. The van der Waals surface area contributed by atoms with Crippen LogP contribution in [0.1, 0.15) is 24.9 Å². The summed E-state index contributed by atoms with van der Waals surface area (Å²) in [7, 11) is 1.28. The first-order valence-electron chi connectivity index (χ1n) is 9.33. The molecule has 0 bridgehead atoms. The molecule has 0 spiro atoms. The maximum atomic E-state index is 14.2. The van der Waals surface area contributed by atoms with Crippen molar-refractivity contribution in [1.29, 1.82) is 0 Å². The maximum absolute atomic E-state index is 14.2. The molecule has 29 heavy (non-hydrogen) atoms. The van der Waals surface area contributed by atoms with Gasteiger partial charge in [-0.3, -0.25) is 9.59 Å². The van der Waals surface area contributed by atoms with E-state index in [1.54, 1.807) is 6.07 Å². The van der Waals surface area contributed by atoms with Crippen LogP contribution >= 0.6 is 11.6 Å².